The first-order valence-electron chi connectivity index (χ1n) is 28.4. The van der Waals surface area contributed by atoms with Gasteiger partial charge in [-0.1, -0.05) is 191 Å². The van der Waals surface area contributed by atoms with E-state index in [1.165, 1.54) is 161 Å². The molecular formula is C63H83N3O3S4. The molecule has 0 radical (unpaired) electrons. The number of anilines is 3. The number of benzene rings is 3. The number of fused-ring (bicyclic) bond motifs is 1. The third-order valence-corrected chi connectivity index (χ3v) is 18.5. The van der Waals surface area contributed by atoms with E-state index >= 15 is 0 Å². The fraction of sp³-hybridized carbons (Fsp3) is 0.508. The minimum Gasteiger partial charge on any atom is -0.494 e. The molecule has 4 aromatic heterocycles. The summed E-state index contributed by atoms with van der Waals surface area (Å²) in [5, 5.41) is 2.06. The van der Waals surface area contributed by atoms with Crippen molar-refractivity contribution in [2.75, 3.05) is 18.1 Å². The first-order chi connectivity index (χ1) is 36.0. The van der Waals surface area contributed by atoms with Gasteiger partial charge >= 0.3 is 0 Å². The number of unbranched alkanes of at least 4 members (excludes halogenated alkanes) is 20. The van der Waals surface area contributed by atoms with Crippen molar-refractivity contribution < 1.29 is 14.3 Å². The van der Waals surface area contributed by atoms with Gasteiger partial charge in [0.1, 0.15) is 21.5 Å². The molecular weight excluding hydrogens is 975 g/mol. The third kappa shape index (κ3) is 17.3. The molecule has 4 heterocycles. The number of thiazole rings is 2. The van der Waals surface area contributed by atoms with Gasteiger partial charge in [0.25, 0.3) is 0 Å². The van der Waals surface area contributed by atoms with Gasteiger partial charge in [0.15, 0.2) is 15.9 Å². The summed E-state index contributed by atoms with van der Waals surface area (Å²) >= 11 is 6.84. The summed E-state index contributed by atoms with van der Waals surface area (Å²) < 4.78 is 12.4. The van der Waals surface area contributed by atoms with Crippen molar-refractivity contribution in [3.8, 4) is 41.7 Å². The average Bonchev–Trinajstić information content (AvgIpc) is 4.22. The Morgan fingerprint density at radius 2 is 0.822 bits per heavy atom. The highest BCUT2D eigenvalue weighted by Crippen LogP contribution is 2.46. The molecule has 10 heteroatoms. The summed E-state index contributed by atoms with van der Waals surface area (Å²) in [5.41, 5.74) is 7.11. The molecule has 0 bridgehead atoms. The molecule has 7 rings (SSSR count). The minimum absolute atomic E-state index is 0.751. The molecule has 0 N–H and O–H groups in total. The van der Waals surface area contributed by atoms with Crippen molar-refractivity contribution in [3.63, 3.8) is 0 Å². The smallest absolute Gasteiger partial charge is 0.160 e. The highest BCUT2D eigenvalue weighted by Gasteiger charge is 2.22. The zero-order valence-electron chi connectivity index (χ0n) is 44.7. The van der Waals surface area contributed by atoms with E-state index in [9.17, 15) is 4.79 Å². The highest BCUT2D eigenvalue weighted by atomic mass is 32.1. The number of carbonyl (C=O) groups is 1. The van der Waals surface area contributed by atoms with E-state index < -0.39 is 0 Å². The van der Waals surface area contributed by atoms with Gasteiger partial charge in [-0.15, -0.1) is 22.7 Å². The maximum Gasteiger partial charge on any atom is 0.160 e. The first-order valence-corrected chi connectivity index (χ1v) is 31.6. The predicted molar refractivity (Wildman–Crippen MR) is 319 cm³/mol. The molecule has 3 aromatic carbocycles. The number of hydrogen-bond donors (Lipinski definition) is 0. The van der Waals surface area contributed by atoms with Crippen LogP contribution in [0.3, 0.4) is 0 Å². The molecule has 0 saturated carbocycles. The van der Waals surface area contributed by atoms with Crippen molar-refractivity contribution in [3.05, 3.63) is 101 Å². The second-order valence-corrected chi connectivity index (χ2v) is 24.0. The number of nitrogens with zero attached hydrogens (tertiary/aromatic N) is 3. The van der Waals surface area contributed by atoms with Crippen LogP contribution in [0.25, 0.3) is 39.9 Å². The zero-order chi connectivity index (χ0) is 50.9. The normalized spacial score (nSPS) is 11.5. The zero-order valence-corrected chi connectivity index (χ0v) is 47.9. The fourth-order valence-corrected chi connectivity index (χ4v) is 14.1. The van der Waals surface area contributed by atoms with Crippen molar-refractivity contribution in [2.45, 2.75) is 195 Å². The average molecular weight is 1060 g/mol. The lowest BCUT2D eigenvalue weighted by molar-refractivity contribution is 0.112. The number of aromatic nitrogens is 2. The lowest BCUT2D eigenvalue weighted by Gasteiger charge is -2.26. The van der Waals surface area contributed by atoms with Gasteiger partial charge in [-0.25, -0.2) is 9.97 Å². The van der Waals surface area contributed by atoms with Gasteiger partial charge in [0.2, 0.25) is 0 Å². The predicted octanol–water partition coefficient (Wildman–Crippen LogP) is 21.4. The van der Waals surface area contributed by atoms with Gasteiger partial charge in [-0.05, 0) is 128 Å². The second kappa shape index (κ2) is 31.5. The van der Waals surface area contributed by atoms with E-state index in [4.69, 9.17) is 19.4 Å². The minimum atomic E-state index is 0.751. The number of hydrogen-bond acceptors (Lipinski definition) is 10. The van der Waals surface area contributed by atoms with Crippen molar-refractivity contribution in [2.24, 2.45) is 0 Å². The standard InChI is InChI=1S/C63H83N3O3S4/c1-5-9-13-17-21-25-29-49-45-56(47-67)70-58(49)60-64-62-63(72-60)65-61(73-62)59-50(30-26-22-18-14-10-6-2)46-57(71-59)48-31-33-51(34-32-48)66(52-35-39-54(40-36-52)68-43-27-23-19-15-11-7-3)53-37-41-55(42-38-53)69-44-28-24-20-16-12-8-4/h31-42,45-47H,5-30,43-44H2,1-4H3. The van der Waals surface area contributed by atoms with Gasteiger partial charge < -0.3 is 14.4 Å². The van der Waals surface area contributed by atoms with Crippen molar-refractivity contribution >= 4 is 78.4 Å². The Bertz CT molecular complexity index is 2530. The molecule has 0 saturated heterocycles. The summed E-state index contributed by atoms with van der Waals surface area (Å²) in [4.78, 5) is 31.2. The van der Waals surface area contributed by atoms with Gasteiger partial charge in [-0.2, -0.15) is 0 Å². The molecule has 7 aromatic rings. The fourth-order valence-electron chi connectivity index (χ4n) is 9.59. The van der Waals surface area contributed by atoms with Crippen LogP contribution < -0.4 is 14.4 Å². The van der Waals surface area contributed by atoms with E-state index in [-0.39, 0.29) is 0 Å². The summed E-state index contributed by atoms with van der Waals surface area (Å²) in [6, 6.07) is 30.8. The van der Waals surface area contributed by atoms with Crippen LogP contribution in [0, 0.1) is 0 Å². The van der Waals surface area contributed by atoms with E-state index in [0.717, 1.165) is 110 Å². The van der Waals surface area contributed by atoms with Crippen LogP contribution in [0.15, 0.2) is 84.9 Å². The molecule has 0 spiro atoms. The number of carbonyl (C=O) groups excluding carboxylic acids is 1. The van der Waals surface area contributed by atoms with Crippen LogP contribution in [-0.4, -0.2) is 29.5 Å². The Morgan fingerprint density at radius 1 is 0.438 bits per heavy atom. The number of ether oxygens (including phenoxy) is 2. The molecule has 6 nitrogen and oxygen atoms in total. The topological polar surface area (TPSA) is 64.6 Å². The van der Waals surface area contributed by atoms with Crippen LogP contribution in [-0.2, 0) is 12.8 Å². The molecule has 73 heavy (non-hydrogen) atoms. The maximum absolute atomic E-state index is 11.9. The SMILES string of the molecule is CCCCCCCCOc1ccc(N(c2ccc(OCCCCCCCC)cc2)c2ccc(-c3cc(CCCCCCCC)c(-c4nc5sc(-c6sc(C=O)cc6CCCCCCCC)nc5s4)s3)cc2)cc1. The molecule has 0 atom stereocenters. The molecule has 392 valence electrons. The van der Waals surface area contributed by atoms with E-state index in [2.05, 4.69) is 118 Å². The molecule has 0 fully saturated rings. The quantitative estimate of drug-likeness (QED) is 0.0286. The van der Waals surface area contributed by atoms with Crippen LogP contribution >= 0.6 is 45.3 Å². The molecule has 0 amide bonds. The number of aldehydes is 1. The lowest BCUT2D eigenvalue weighted by Crippen LogP contribution is -2.10. The summed E-state index contributed by atoms with van der Waals surface area (Å²) in [6.45, 7) is 10.6. The van der Waals surface area contributed by atoms with E-state index in [0.29, 0.717) is 0 Å². The summed E-state index contributed by atoms with van der Waals surface area (Å²) in [5.74, 6) is 1.83. The Labute approximate surface area is 455 Å². The van der Waals surface area contributed by atoms with Crippen LogP contribution in [0.4, 0.5) is 17.1 Å². The summed E-state index contributed by atoms with van der Waals surface area (Å²) in [7, 11) is 0. The second-order valence-electron chi connectivity index (χ2n) is 19.9. The Kier molecular flexibility index (Phi) is 24.3. The first kappa shape index (κ1) is 56.4. The summed E-state index contributed by atoms with van der Waals surface area (Å²) in [6.07, 6.45) is 33.1. The van der Waals surface area contributed by atoms with E-state index in [1.807, 2.05) is 11.3 Å². The van der Waals surface area contributed by atoms with Crippen LogP contribution in [0.2, 0.25) is 0 Å². The Morgan fingerprint density at radius 3 is 1.26 bits per heavy atom. The maximum atomic E-state index is 11.9. The van der Waals surface area contributed by atoms with Gasteiger partial charge in [0.05, 0.1) is 27.8 Å². The third-order valence-electron chi connectivity index (χ3n) is 13.8. The molecule has 0 aliphatic rings. The van der Waals surface area contributed by atoms with Crippen LogP contribution in [0.5, 0.6) is 11.5 Å². The number of rotatable bonds is 37. The molecule has 0 aliphatic carbocycles. The number of aryl methyl sites for hydroxylation is 2. The Balaban J connectivity index is 1.11. The van der Waals surface area contributed by atoms with Crippen LogP contribution in [0.1, 0.15) is 203 Å². The number of thiophene rings is 2. The van der Waals surface area contributed by atoms with Gasteiger partial charge in [0, 0.05) is 21.9 Å². The highest BCUT2D eigenvalue weighted by molar-refractivity contribution is 7.32. The molecule has 0 unspecified atom stereocenters. The largest absolute Gasteiger partial charge is 0.494 e. The van der Waals surface area contributed by atoms with Crippen molar-refractivity contribution in [1.29, 1.82) is 0 Å². The Hall–Kier alpha value is -4.35. The van der Waals surface area contributed by atoms with E-state index in [1.54, 1.807) is 34.0 Å². The van der Waals surface area contributed by atoms with Crippen molar-refractivity contribution in [1.82, 2.24) is 9.97 Å². The van der Waals surface area contributed by atoms with Gasteiger partial charge in [-0.3, -0.25) is 4.79 Å². The monoisotopic (exact) mass is 1060 g/mol. The molecule has 0 aliphatic heterocycles. The lowest BCUT2D eigenvalue weighted by atomic mass is 10.0.